The molecule has 0 radical (unpaired) electrons. The summed E-state index contributed by atoms with van der Waals surface area (Å²) in [6.45, 7) is 4.24. The molecule has 0 amide bonds. The fourth-order valence-electron chi connectivity index (χ4n) is 0.298. The van der Waals surface area contributed by atoms with E-state index in [0.29, 0.717) is 6.04 Å². The zero-order valence-corrected chi connectivity index (χ0v) is 7.73. The average molecular weight is 165 g/mol. The van der Waals surface area contributed by atoms with Gasteiger partial charge in [-0.3, -0.25) is 0 Å². The van der Waals surface area contributed by atoms with Crippen LogP contribution in [0.1, 0.15) is 20.3 Å². The molecule has 0 aliphatic heterocycles. The largest absolute Gasteiger partial charge is 0.327 e. The summed E-state index contributed by atoms with van der Waals surface area (Å²) in [5.74, 6) is 2.32. The molecule has 0 heterocycles. The zero-order chi connectivity index (χ0) is 7.11. The van der Waals surface area contributed by atoms with E-state index in [1.807, 2.05) is 28.5 Å². The van der Waals surface area contributed by atoms with Crippen molar-refractivity contribution in [2.45, 2.75) is 26.3 Å². The molecule has 0 rings (SSSR count). The van der Waals surface area contributed by atoms with Gasteiger partial charge in [0.1, 0.15) is 0 Å². The van der Waals surface area contributed by atoms with Crippen LogP contribution in [0.15, 0.2) is 0 Å². The van der Waals surface area contributed by atoms with Crippen molar-refractivity contribution >= 4 is 21.6 Å². The van der Waals surface area contributed by atoms with Crippen LogP contribution in [-0.4, -0.2) is 17.5 Å². The van der Waals surface area contributed by atoms with Gasteiger partial charge in [0, 0.05) is 17.5 Å². The molecule has 0 saturated heterocycles. The first-order valence-electron chi connectivity index (χ1n) is 3.27. The quantitative estimate of drug-likeness (QED) is 0.499. The molecule has 0 aromatic heterocycles. The molecule has 0 unspecified atom stereocenters. The second-order valence-corrected chi connectivity index (χ2v) is 4.71. The molecule has 0 aliphatic rings. The Labute approximate surface area is 65.6 Å². The fraction of sp³-hybridized carbons (Fsp3) is 1.00. The van der Waals surface area contributed by atoms with Crippen LogP contribution in [0.5, 0.6) is 0 Å². The van der Waals surface area contributed by atoms with Crippen molar-refractivity contribution in [2.75, 3.05) is 11.5 Å². The van der Waals surface area contributed by atoms with E-state index < -0.39 is 0 Å². The van der Waals surface area contributed by atoms with E-state index in [1.54, 1.807) is 0 Å². The molecule has 0 spiro atoms. The summed E-state index contributed by atoms with van der Waals surface area (Å²) < 4.78 is 0. The molecule has 2 N–H and O–H groups in total. The highest BCUT2D eigenvalue weighted by molar-refractivity contribution is 8.76. The Morgan fingerprint density at radius 2 is 2.11 bits per heavy atom. The third-order valence-electron chi connectivity index (χ3n) is 0.702. The molecule has 56 valence electrons. The Morgan fingerprint density at radius 3 is 2.56 bits per heavy atom. The third-order valence-corrected chi connectivity index (χ3v) is 3.51. The predicted molar refractivity (Wildman–Crippen MR) is 48.9 cm³/mol. The molecule has 1 atom stereocenters. The molecule has 0 aromatic carbocycles. The minimum Gasteiger partial charge on any atom is -0.327 e. The van der Waals surface area contributed by atoms with Crippen molar-refractivity contribution in [3.63, 3.8) is 0 Å². The smallest absolute Gasteiger partial charge is 0.0186 e. The normalized spacial score (nSPS) is 13.7. The van der Waals surface area contributed by atoms with E-state index in [9.17, 15) is 0 Å². The highest BCUT2D eigenvalue weighted by Crippen LogP contribution is 2.21. The first-order valence-corrected chi connectivity index (χ1v) is 5.76. The molecule has 1 nitrogen and oxygen atoms in total. The van der Waals surface area contributed by atoms with Gasteiger partial charge < -0.3 is 5.73 Å². The lowest BCUT2D eigenvalue weighted by molar-refractivity contribution is 0.850. The van der Waals surface area contributed by atoms with E-state index >= 15 is 0 Å². The third kappa shape index (κ3) is 8.66. The van der Waals surface area contributed by atoms with Gasteiger partial charge in [0.15, 0.2) is 0 Å². The summed E-state index contributed by atoms with van der Waals surface area (Å²) in [5, 5.41) is 0. The zero-order valence-electron chi connectivity index (χ0n) is 6.09. The molecule has 0 aromatic rings. The minimum absolute atomic E-state index is 0.347. The van der Waals surface area contributed by atoms with Crippen molar-refractivity contribution in [3.8, 4) is 0 Å². The lowest BCUT2D eigenvalue weighted by Gasteiger charge is -2.01. The second kappa shape index (κ2) is 6.78. The van der Waals surface area contributed by atoms with Crippen LogP contribution in [-0.2, 0) is 0 Å². The molecule has 9 heavy (non-hydrogen) atoms. The molecule has 0 aliphatic carbocycles. The Balaban J connectivity index is 2.75. The molecule has 0 bridgehead atoms. The summed E-state index contributed by atoms with van der Waals surface area (Å²) in [6.07, 6.45) is 1.26. The van der Waals surface area contributed by atoms with Gasteiger partial charge in [-0.1, -0.05) is 28.5 Å². The van der Waals surface area contributed by atoms with Gasteiger partial charge in [-0.15, -0.1) is 0 Å². The van der Waals surface area contributed by atoms with Crippen LogP contribution in [0.3, 0.4) is 0 Å². The molecule has 0 saturated carbocycles. The van der Waals surface area contributed by atoms with Gasteiger partial charge in [-0.25, -0.2) is 0 Å². The maximum absolute atomic E-state index is 5.54. The number of nitrogens with two attached hydrogens (primary N) is 1. The standard InChI is InChI=1S/C6H15NS2/c1-3-4-8-9-5-6(2)7/h6H,3-5,7H2,1-2H3/t6-/m0/s1. The van der Waals surface area contributed by atoms with E-state index in [2.05, 4.69) is 6.92 Å². The maximum atomic E-state index is 5.54. The number of hydrogen-bond acceptors (Lipinski definition) is 3. The van der Waals surface area contributed by atoms with E-state index in [-0.39, 0.29) is 0 Å². The lowest BCUT2D eigenvalue weighted by atomic mass is 10.4. The van der Waals surface area contributed by atoms with Crippen LogP contribution >= 0.6 is 21.6 Å². The molecular weight excluding hydrogens is 150 g/mol. The van der Waals surface area contributed by atoms with Crippen molar-refractivity contribution in [1.29, 1.82) is 0 Å². The summed E-state index contributed by atoms with van der Waals surface area (Å²) in [4.78, 5) is 0. The van der Waals surface area contributed by atoms with Crippen LogP contribution in [0.25, 0.3) is 0 Å². The average Bonchev–Trinajstić information content (AvgIpc) is 1.80. The fourth-order valence-corrected chi connectivity index (χ4v) is 2.68. The summed E-state index contributed by atoms with van der Waals surface area (Å²) in [6, 6.07) is 0.347. The van der Waals surface area contributed by atoms with Crippen LogP contribution in [0.2, 0.25) is 0 Å². The topological polar surface area (TPSA) is 26.0 Å². The molecular formula is C6H15NS2. The predicted octanol–water partition coefficient (Wildman–Crippen LogP) is 2.12. The second-order valence-electron chi connectivity index (χ2n) is 2.08. The first kappa shape index (κ1) is 9.66. The lowest BCUT2D eigenvalue weighted by Crippen LogP contribution is -2.16. The Morgan fingerprint density at radius 1 is 1.44 bits per heavy atom. The van der Waals surface area contributed by atoms with Gasteiger partial charge in [0.2, 0.25) is 0 Å². The van der Waals surface area contributed by atoms with Crippen molar-refractivity contribution in [1.82, 2.24) is 0 Å². The highest BCUT2D eigenvalue weighted by Gasteiger charge is 1.92. The van der Waals surface area contributed by atoms with Gasteiger partial charge in [0.25, 0.3) is 0 Å². The highest BCUT2D eigenvalue weighted by atomic mass is 33.1. The monoisotopic (exact) mass is 165 g/mol. The van der Waals surface area contributed by atoms with E-state index in [4.69, 9.17) is 5.73 Å². The molecule has 0 fully saturated rings. The summed E-state index contributed by atoms with van der Waals surface area (Å²) >= 11 is 0. The van der Waals surface area contributed by atoms with Gasteiger partial charge >= 0.3 is 0 Å². The van der Waals surface area contributed by atoms with Crippen molar-refractivity contribution in [3.05, 3.63) is 0 Å². The van der Waals surface area contributed by atoms with Gasteiger partial charge in [-0.05, 0) is 13.3 Å². The number of rotatable bonds is 5. The van der Waals surface area contributed by atoms with Crippen LogP contribution in [0.4, 0.5) is 0 Å². The van der Waals surface area contributed by atoms with Gasteiger partial charge in [0.05, 0.1) is 0 Å². The minimum atomic E-state index is 0.347. The summed E-state index contributed by atoms with van der Waals surface area (Å²) in [7, 11) is 3.80. The summed E-state index contributed by atoms with van der Waals surface area (Å²) in [5.41, 5.74) is 5.54. The maximum Gasteiger partial charge on any atom is 0.0186 e. The van der Waals surface area contributed by atoms with Crippen molar-refractivity contribution in [2.24, 2.45) is 5.73 Å². The van der Waals surface area contributed by atoms with Crippen LogP contribution < -0.4 is 5.73 Å². The Hall–Kier alpha value is 0.660. The van der Waals surface area contributed by atoms with E-state index in [1.165, 1.54) is 12.2 Å². The number of hydrogen-bond donors (Lipinski definition) is 1. The SMILES string of the molecule is CCCSSC[C@H](C)N. The van der Waals surface area contributed by atoms with Crippen molar-refractivity contribution < 1.29 is 0 Å². The van der Waals surface area contributed by atoms with Crippen LogP contribution in [0, 0.1) is 0 Å². The molecule has 3 heteroatoms. The Kier molecular flexibility index (Phi) is 7.27. The van der Waals surface area contributed by atoms with E-state index in [0.717, 1.165) is 5.75 Å². The first-order chi connectivity index (χ1) is 4.27. The Bertz CT molecular complexity index is 57.0. The van der Waals surface area contributed by atoms with Gasteiger partial charge in [-0.2, -0.15) is 0 Å².